The predicted octanol–water partition coefficient (Wildman–Crippen LogP) is 2.85. The minimum absolute atomic E-state index is 0.605. The van der Waals surface area contributed by atoms with Gasteiger partial charge in [-0.05, 0) is 46.1 Å². The fourth-order valence-corrected chi connectivity index (χ4v) is 2.52. The molecule has 0 saturated carbocycles. The van der Waals surface area contributed by atoms with Crippen LogP contribution in [0.15, 0.2) is 34.9 Å². The van der Waals surface area contributed by atoms with E-state index in [0.717, 1.165) is 28.9 Å². The van der Waals surface area contributed by atoms with Crippen molar-refractivity contribution in [2.24, 2.45) is 0 Å². The van der Waals surface area contributed by atoms with Gasteiger partial charge in [0.15, 0.2) is 11.5 Å². The molecule has 5 nitrogen and oxygen atoms in total. The first kappa shape index (κ1) is 14.0. The van der Waals surface area contributed by atoms with Crippen LogP contribution >= 0.6 is 15.9 Å². The van der Waals surface area contributed by atoms with Crippen molar-refractivity contribution in [1.82, 2.24) is 4.98 Å². The smallest absolute Gasteiger partial charge is 0.161 e. The molecule has 0 spiro atoms. The Balaban J connectivity index is 1.60. The second-order valence-electron chi connectivity index (χ2n) is 4.75. The molecule has 21 heavy (non-hydrogen) atoms. The standard InChI is InChI=1S/C15H16BrN3O2/c16-11-8-12(17)15(19-9-11)18-4-3-10-1-2-13-14(7-10)21-6-5-20-13/h1-2,7-9H,3-6,17H2,(H,18,19). The number of nitrogens with one attached hydrogen (secondary N) is 1. The maximum atomic E-state index is 5.90. The molecule has 0 fully saturated rings. The van der Waals surface area contributed by atoms with Crippen molar-refractivity contribution in [3.63, 3.8) is 0 Å². The van der Waals surface area contributed by atoms with Crippen LogP contribution in [0.4, 0.5) is 11.5 Å². The summed E-state index contributed by atoms with van der Waals surface area (Å²) in [6.45, 7) is 1.97. The van der Waals surface area contributed by atoms with Crippen LogP contribution in [0.3, 0.4) is 0 Å². The Morgan fingerprint density at radius 1 is 1.19 bits per heavy atom. The summed E-state index contributed by atoms with van der Waals surface area (Å²) in [6.07, 6.45) is 2.58. The lowest BCUT2D eigenvalue weighted by Crippen LogP contribution is -2.15. The lowest BCUT2D eigenvalue weighted by atomic mass is 10.1. The number of nitrogen functional groups attached to an aromatic ring is 1. The van der Waals surface area contributed by atoms with Crippen LogP contribution < -0.4 is 20.5 Å². The summed E-state index contributed by atoms with van der Waals surface area (Å²) < 4.78 is 12.0. The lowest BCUT2D eigenvalue weighted by Gasteiger charge is -2.19. The van der Waals surface area contributed by atoms with Crippen LogP contribution in [0.2, 0.25) is 0 Å². The van der Waals surface area contributed by atoms with Gasteiger partial charge in [-0.1, -0.05) is 6.07 Å². The van der Waals surface area contributed by atoms with E-state index in [1.165, 1.54) is 5.56 Å². The average Bonchev–Trinajstić information content (AvgIpc) is 2.49. The molecule has 1 aromatic carbocycles. The molecule has 1 aliphatic heterocycles. The first-order valence-electron chi connectivity index (χ1n) is 6.76. The van der Waals surface area contributed by atoms with Gasteiger partial charge >= 0.3 is 0 Å². The zero-order chi connectivity index (χ0) is 14.7. The molecule has 1 aromatic heterocycles. The number of aromatic nitrogens is 1. The summed E-state index contributed by atoms with van der Waals surface area (Å²) in [5.74, 6) is 2.34. The maximum Gasteiger partial charge on any atom is 0.161 e. The molecule has 0 saturated heterocycles. The number of hydrogen-bond acceptors (Lipinski definition) is 5. The largest absolute Gasteiger partial charge is 0.486 e. The number of anilines is 2. The zero-order valence-electron chi connectivity index (χ0n) is 11.4. The van der Waals surface area contributed by atoms with Crippen molar-refractivity contribution in [3.8, 4) is 11.5 Å². The third-order valence-corrected chi connectivity index (χ3v) is 3.63. The molecular weight excluding hydrogens is 334 g/mol. The molecule has 3 N–H and O–H groups in total. The highest BCUT2D eigenvalue weighted by Gasteiger charge is 2.11. The van der Waals surface area contributed by atoms with Gasteiger partial charge in [0.25, 0.3) is 0 Å². The van der Waals surface area contributed by atoms with Crippen molar-refractivity contribution in [1.29, 1.82) is 0 Å². The fraction of sp³-hybridized carbons (Fsp3) is 0.267. The van der Waals surface area contributed by atoms with E-state index in [-0.39, 0.29) is 0 Å². The molecule has 110 valence electrons. The molecule has 0 amide bonds. The van der Waals surface area contributed by atoms with Crippen LogP contribution in [0.5, 0.6) is 11.5 Å². The zero-order valence-corrected chi connectivity index (χ0v) is 13.0. The van der Waals surface area contributed by atoms with Crippen molar-refractivity contribution < 1.29 is 9.47 Å². The normalized spacial score (nSPS) is 13.0. The maximum absolute atomic E-state index is 5.90. The first-order chi connectivity index (χ1) is 10.2. The number of fused-ring (bicyclic) bond motifs is 1. The Labute approximate surface area is 131 Å². The third kappa shape index (κ3) is 3.39. The van der Waals surface area contributed by atoms with Gasteiger partial charge in [-0.15, -0.1) is 0 Å². The number of nitrogens with zero attached hydrogens (tertiary/aromatic N) is 1. The first-order valence-corrected chi connectivity index (χ1v) is 7.55. The Morgan fingerprint density at radius 3 is 2.81 bits per heavy atom. The topological polar surface area (TPSA) is 69.4 Å². The Morgan fingerprint density at radius 2 is 2.00 bits per heavy atom. The predicted molar refractivity (Wildman–Crippen MR) is 86.0 cm³/mol. The van der Waals surface area contributed by atoms with E-state index in [4.69, 9.17) is 15.2 Å². The third-order valence-electron chi connectivity index (χ3n) is 3.20. The molecular formula is C15H16BrN3O2. The summed E-state index contributed by atoms with van der Waals surface area (Å²) in [5, 5.41) is 3.24. The van der Waals surface area contributed by atoms with Gasteiger partial charge in [0.05, 0.1) is 5.69 Å². The molecule has 2 aromatic rings. The van der Waals surface area contributed by atoms with E-state index >= 15 is 0 Å². The molecule has 0 unspecified atom stereocenters. The van der Waals surface area contributed by atoms with Crippen molar-refractivity contribution in [2.75, 3.05) is 30.8 Å². The van der Waals surface area contributed by atoms with Crippen molar-refractivity contribution >= 4 is 27.4 Å². The number of hydrogen-bond donors (Lipinski definition) is 2. The van der Waals surface area contributed by atoms with Gasteiger partial charge < -0.3 is 20.5 Å². The van der Waals surface area contributed by atoms with Gasteiger partial charge in [0, 0.05) is 17.2 Å². The van der Waals surface area contributed by atoms with E-state index in [1.807, 2.05) is 24.3 Å². The number of benzene rings is 1. The van der Waals surface area contributed by atoms with E-state index in [2.05, 4.69) is 26.2 Å². The summed E-state index contributed by atoms with van der Waals surface area (Å²) >= 11 is 3.34. The molecule has 0 atom stereocenters. The monoisotopic (exact) mass is 349 g/mol. The minimum atomic E-state index is 0.605. The Hall–Kier alpha value is -1.95. The molecule has 3 rings (SSSR count). The summed E-state index contributed by atoms with van der Waals surface area (Å²) in [7, 11) is 0. The molecule has 0 aliphatic carbocycles. The van der Waals surface area contributed by atoms with Crippen LogP contribution in [0.25, 0.3) is 0 Å². The minimum Gasteiger partial charge on any atom is -0.486 e. The number of ether oxygens (including phenoxy) is 2. The van der Waals surface area contributed by atoms with Crippen LogP contribution in [0, 0.1) is 0 Å². The highest BCUT2D eigenvalue weighted by atomic mass is 79.9. The second kappa shape index (κ2) is 6.22. The Bertz CT molecular complexity index is 649. The van der Waals surface area contributed by atoms with E-state index in [1.54, 1.807) is 6.20 Å². The van der Waals surface area contributed by atoms with Crippen LogP contribution in [-0.4, -0.2) is 24.7 Å². The van der Waals surface area contributed by atoms with Gasteiger partial charge in [-0.2, -0.15) is 0 Å². The van der Waals surface area contributed by atoms with Gasteiger partial charge in [-0.25, -0.2) is 4.98 Å². The van der Waals surface area contributed by atoms with Gasteiger partial charge in [0.1, 0.15) is 19.0 Å². The van der Waals surface area contributed by atoms with Gasteiger partial charge in [0.2, 0.25) is 0 Å². The molecule has 2 heterocycles. The summed E-state index contributed by atoms with van der Waals surface area (Å²) in [6, 6.07) is 7.86. The molecule has 0 radical (unpaired) electrons. The average molecular weight is 350 g/mol. The van der Waals surface area contributed by atoms with Gasteiger partial charge in [-0.3, -0.25) is 0 Å². The molecule has 6 heteroatoms. The molecule has 0 bridgehead atoms. The second-order valence-corrected chi connectivity index (χ2v) is 5.66. The van der Waals surface area contributed by atoms with E-state index < -0.39 is 0 Å². The summed E-state index contributed by atoms with van der Waals surface area (Å²) in [4.78, 5) is 4.25. The number of nitrogens with two attached hydrogens (primary N) is 1. The van der Waals surface area contributed by atoms with Crippen molar-refractivity contribution in [3.05, 3.63) is 40.5 Å². The van der Waals surface area contributed by atoms with Crippen molar-refractivity contribution in [2.45, 2.75) is 6.42 Å². The number of halogens is 1. The quantitative estimate of drug-likeness (QED) is 0.888. The Kier molecular flexibility index (Phi) is 4.15. The SMILES string of the molecule is Nc1cc(Br)cnc1NCCc1ccc2c(c1)OCCO2. The number of rotatable bonds is 4. The summed E-state index contributed by atoms with van der Waals surface area (Å²) in [5.41, 5.74) is 7.71. The highest BCUT2D eigenvalue weighted by molar-refractivity contribution is 9.10. The lowest BCUT2D eigenvalue weighted by molar-refractivity contribution is 0.171. The number of pyridine rings is 1. The van der Waals surface area contributed by atoms with Crippen LogP contribution in [0.1, 0.15) is 5.56 Å². The molecule has 1 aliphatic rings. The fourth-order valence-electron chi connectivity index (χ4n) is 2.17. The van der Waals surface area contributed by atoms with E-state index in [9.17, 15) is 0 Å². The highest BCUT2D eigenvalue weighted by Crippen LogP contribution is 2.30. The van der Waals surface area contributed by atoms with Crippen LogP contribution in [-0.2, 0) is 6.42 Å². The van der Waals surface area contributed by atoms with E-state index in [0.29, 0.717) is 24.7 Å².